The van der Waals surface area contributed by atoms with Crippen LogP contribution in [-0.2, 0) is 4.74 Å². The maximum Gasteiger partial charge on any atom is 0.0776 e. The van der Waals surface area contributed by atoms with Crippen molar-refractivity contribution in [3.63, 3.8) is 0 Å². The highest BCUT2D eigenvalue weighted by Gasteiger charge is 2.37. The Bertz CT molecular complexity index is 246. The van der Waals surface area contributed by atoms with Crippen molar-refractivity contribution in [3.8, 4) is 0 Å². The number of nitrogens with two attached hydrogens (primary N) is 1. The first kappa shape index (κ1) is 16.0. The zero-order valence-corrected chi connectivity index (χ0v) is 13.2. The van der Waals surface area contributed by atoms with Gasteiger partial charge < -0.3 is 10.5 Å². The highest BCUT2D eigenvalue weighted by molar-refractivity contribution is 4.91. The molecule has 0 saturated heterocycles. The van der Waals surface area contributed by atoms with Gasteiger partial charge in [0.15, 0.2) is 0 Å². The van der Waals surface area contributed by atoms with Crippen molar-refractivity contribution in [2.75, 3.05) is 6.61 Å². The van der Waals surface area contributed by atoms with Crippen LogP contribution in [0.4, 0.5) is 0 Å². The Morgan fingerprint density at radius 3 is 2.22 bits per heavy atom. The van der Waals surface area contributed by atoms with Crippen LogP contribution < -0.4 is 5.73 Å². The van der Waals surface area contributed by atoms with Crippen LogP contribution in [-0.4, -0.2) is 18.8 Å². The van der Waals surface area contributed by atoms with E-state index in [-0.39, 0.29) is 17.6 Å². The van der Waals surface area contributed by atoms with E-state index >= 15 is 0 Å². The largest absolute Gasteiger partial charge is 0.376 e. The highest BCUT2D eigenvalue weighted by atomic mass is 16.5. The lowest BCUT2D eigenvalue weighted by Crippen LogP contribution is -2.50. The maximum atomic E-state index is 6.55. The lowest BCUT2D eigenvalue weighted by molar-refractivity contribution is -0.0467. The zero-order chi connectivity index (χ0) is 13.9. The average molecular weight is 255 g/mol. The number of rotatable bonds is 4. The van der Waals surface area contributed by atoms with E-state index in [9.17, 15) is 0 Å². The van der Waals surface area contributed by atoms with Crippen molar-refractivity contribution in [2.45, 2.75) is 73.0 Å². The molecule has 5 unspecified atom stereocenters. The summed E-state index contributed by atoms with van der Waals surface area (Å²) in [6.45, 7) is 14.3. The van der Waals surface area contributed by atoms with Crippen LogP contribution >= 0.6 is 0 Å². The first-order valence-electron chi connectivity index (χ1n) is 7.64. The molecule has 2 heteroatoms. The number of hydrogen-bond donors (Lipinski definition) is 1. The summed E-state index contributed by atoms with van der Waals surface area (Å²) in [4.78, 5) is 0. The molecule has 2 N–H and O–H groups in total. The maximum absolute atomic E-state index is 6.55. The van der Waals surface area contributed by atoms with Crippen LogP contribution in [0.15, 0.2) is 0 Å². The molecule has 108 valence electrons. The predicted octanol–water partition coefficient (Wildman–Crippen LogP) is 3.84. The fraction of sp³-hybridized carbons (Fsp3) is 1.00. The second-order valence-electron chi connectivity index (χ2n) is 7.35. The molecule has 0 aromatic carbocycles. The van der Waals surface area contributed by atoms with Gasteiger partial charge >= 0.3 is 0 Å². The molecule has 1 saturated carbocycles. The van der Waals surface area contributed by atoms with Crippen molar-refractivity contribution in [1.82, 2.24) is 0 Å². The smallest absolute Gasteiger partial charge is 0.0776 e. The van der Waals surface area contributed by atoms with E-state index in [0.29, 0.717) is 5.92 Å². The molecule has 18 heavy (non-hydrogen) atoms. The van der Waals surface area contributed by atoms with Gasteiger partial charge in [-0.25, -0.2) is 0 Å². The van der Waals surface area contributed by atoms with Crippen molar-refractivity contribution in [1.29, 1.82) is 0 Å². The Labute approximate surface area is 114 Å². The van der Waals surface area contributed by atoms with E-state index in [4.69, 9.17) is 10.5 Å². The monoisotopic (exact) mass is 255 g/mol. The summed E-state index contributed by atoms with van der Waals surface area (Å²) in [7, 11) is 0. The summed E-state index contributed by atoms with van der Waals surface area (Å²) in [6, 6.07) is 0.180. The van der Waals surface area contributed by atoms with Crippen LogP contribution in [0.25, 0.3) is 0 Å². The van der Waals surface area contributed by atoms with Gasteiger partial charge in [0.05, 0.1) is 6.10 Å². The summed E-state index contributed by atoms with van der Waals surface area (Å²) < 4.78 is 5.96. The van der Waals surface area contributed by atoms with Gasteiger partial charge in [0, 0.05) is 12.6 Å². The van der Waals surface area contributed by atoms with Gasteiger partial charge in [-0.05, 0) is 42.9 Å². The van der Waals surface area contributed by atoms with Crippen molar-refractivity contribution >= 4 is 0 Å². The third-order valence-corrected chi connectivity index (χ3v) is 4.73. The fourth-order valence-electron chi connectivity index (χ4n) is 3.30. The van der Waals surface area contributed by atoms with Crippen LogP contribution in [0.3, 0.4) is 0 Å². The quantitative estimate of drug-likeness (QED) is 0.828. The summed E-state index contributed by atoms with van der Waals surface area (Å²) in [5, 5.41) is 0. The number of ether oxygens (including phenoxy) is 1. The van der Waals surface area contributed by atoms with Gasteiger partial charge in [0.2, 0.25) is 0 Å². The van der Waals surface area contributed by atoms with E-state index in [0.717, 1.165) is 18.4 Å². The van der Waals surface area contributed by atoms with E-state index in [1.165, 1.54) is 19.3 Å². The second-order valence-corrected chi connectivity index (χ2v) is 7.35. The Hall–Kier alpha value is -0.0800. The Morgan fingerprint density at radius 1 is 1.17 bits per heavy atom. The van der Waals surface area contributed by atoms with Gasteiger partial charge in [-0.2, -0.15) is 0 Å². The minimum atomic E-state index is 0.127. The first-order chi connectivity index (χ1) is 8.27. The van der Waals surface area contributed by atoms with Crippen molar-refractivity contribution in [3.05, 3.63) is 0 Å². The summed E-state index contributed by atoms with van der Waals surface area (Å²) >= 11 is 0. The van der Waals surface area contributed by atoms with E-state index in [1.54, 1.807) is 0 Å². The van der Waals surface area contributed by atoms with Crippen LogP contribution in [0, 0.1) is 23.2 Å². The SMILES string of the molecule is CCOC(C(N)C1CCC(C)C(C)C1)C(C)(C)C. The minimum Gasteiger partial charge on any atom is -0.376 e. The summed E-state index contributed by atoms with van der Waals surface area (Å²) in [5.41, 5.74) is 6.67. The Balaban J connectivity index is 2.68. The molecule has 0 aliphatic heterocycles. The highest BCUT2D eigenvalue weighted by Crippen LogP contribution is 2.38. The van der Waals surface area contributed by atoms with Gasteiger partial charge in [-0.3, -0.25) is 0 Å². The molecule has 1 fully saturated rings. The molecular weight excluding hydrogens is 222 g/mol. The number of hydrogen-bond acceptors (Lipinski definition) is 2. The molecule has 0 aromatic heterocycles. The Kier molecular flexibility index (Phi) is 5.67. The molecule has 0 spiro atoms. The van der Waals surface area contributed by atoms with Gasteiger partial charge in [0.25, 0.3) is 0 Å². The molecule has 0 heterocycles. The first-order valence-corrected chi connectivity index (χ1v) is 7.64. The van der Waals surface area contributed by atoms with E-state index in [2.05, 4.69) is 41.5 Å². The van der Waals surface area contributed by atoms with Crippen molar-refractivity contribution < 1.29 is 4.74 Å². The molecule has 2 nitrogen and oxygen atoms in total. The fourth-order valence-corrected chi connectivity index (χ4v) is 3.30. The third kappa shape index (κ3) is 3.96. The predicted molar refractivity (Wildman–Crippen MR) is 78.5 cm³/mol. The molecule has 0 radical (unpaired) electrons. The molecule has 1 aliphatic carbocycles. The van der Waals surface area contributed by atoms with Gasteiger partial charge in [0.1, 0.15) is 0 Å². The lowest BCUT2D eigenvalue weighted by Gasteiger charge is -2.42. The second kappa shape index (κ2) is 6.38. The molecular formula is C16H33NO. The standard InChI is InChI=1S/C16H33NO/c1-7-18-15(16(4,5)6)14(17)13-9-8-11(2)12(3)10-13/h11-15H,7-10,17H2,1-6H3. The van der Waals surface area contributed by atoms with E-state index < -0.39 is 0 Å². The third-order valence-electron chi connectivity index (χ3n) is 4.73. The molecule has 1 rings (SSSR count). The molecule has 5 atom stereocenters. The topological polar surface area (TPSA) is 35.2 Å². The molecule has 0 amide bonds. The normalized spacial score (nSPS) is 33.2. The van der Waals surface area contributed by atoms with Crippen LogP contribution in [0.5, 0.6) is 0 Å². The van der Waals surface area contributed by atoms with Gasteiger partial charge in [-0.15, -0.1) is 0 Å². The van der Waals surface area contributed by atoms with Crippen LogP contribution in [0.2, 0.25) is 0 Å². The average Bonchev–Trinajstić information content (AvgIpc) is 2.27. The van der Waals surface area contributed by atoms with Crippen LogP contribution in [0.1, 0.15) is 60.8 Å². The summed E-state index contributed by atoms with van der Waals surface area (Å²) in [6.07, 6.45) is 4.03. The zero-order valence-electron chi connectivity index (χ0n) is 13.2. The lowest BCUT2D eigenvalue weighted by atomic mass is 9.69. The van der Waals surface area contributed by atoms with E-state index in [1.807, 2.05) is 0 Å². The molecule has 1 aliphatic rings. The molecule has 0 aromatic rings. The summed E-state index contributed by atoms with van der Waals surface area (Å²) in [5.74, 6) is 2.29. The Morgan fingerprint density at radius 2 is 1.78 bits per heavy atom. The van der Waals surface area contributed by atoms with Gasteiger partial charge in [-0.1, -0.05) is 41.0 Å². The van der Waals surface area contributed by atoms with Crippen molar-refractivity contribution in [2.24, 2.45) is 28.9 Å². The minimum absolute atomic E-state index is 0.127. The molecule has 0 bridgehead atoms.